The summed E-state index contributed by atoms with van der Waals surface area (Å²) in [7, 11) is 0. The van der Waals surface area contributed by atoms with Gasteiger partial charge in [-0.25, -0.2) is 0 Å². The van der Waals surface area contributed by atoms with Gasteiger partial charge < -0.3 is 4.74 Å². The number of rotatable bonds is 4. The average Bonchev–Trinajstić information content (AvgIpc) is 2.48. The van der Waals surface area contributed by atoms with Gasteiger partial charge in [0.15, 0.2) is 6.19 Å². The Morgan fingerprint density at radius 1 is 1.05 bits per heavy atom. The SMILES string of the molecule is N#CNC(=O)C(Oc1ccc(Cl)cc1)c1ccc(Cl)cc1. The van der Waals surface area contributed by atoms with Crippen molar-refractivity contribution < 1.29 is 9.53 Å². The highest BCUT2D eigenvalue weighted by molar-refractivity contribution is 6.30. The average molecular weight is 321 g/mol. The maximum Gasteiger partial charge on any atom is 0.278 e. The summed E-state index contributed by atoms with van der Waals surface area (Å²) in [6.07, 6.45) is 0.642. The molecule has 0 aliphatic carbocycles. The van der Waals surface area contributed by atoms with Crippen LogP contribution in [0, 0.1) is 11.5 Å². The Hall–Kier alpha value is -2.22. The van der Waals surface area contributed by atoms with Crippen LogP contribution in [-0.2, 0) is 4.79 Å². The van der Waals surface area contributed by atoms with Crippen molar-refractivity contribution in [1.29, 1.82) is 5.26 Å². The molecule has 1 N–H and O–H groups in total. The first-order valence-electron chi connectivity index (χ1n) is 5.97. The summed E-state index contributed by atoms with van der Waals surface area (Å²) in [6, 6.07) is 13.2. The van der Waals surface area contributed by atoms with Crippen molar-refractivity contribution in [3.8, 4) is 11.9 Å². The van der Waals surface area contributed by atoms with Crippen molar-refractivity contribution in [2.24, 2.45) is 0 Å². The van der Waals surface area contributed by atoms with E-state index in [4.69, 9.17) is 33.2 Å². The molecule has 0 fully saturated rings. The smallest absolute Gasteiger partial charge is 0.278 e. The zero-order chi connectivity index (χ0) is 15.2. The van der Waals surface area contributed by atoms with Gasteiger partial charge in [-0.3, -0.25) is 10.1 Å². The lowest BCUT2D eigenvalue weighted by atomic mass is 10.1. The third-order valence-corrected chi connectivity index (χ3v) is 3.16. The molecule has 0 aromatic heterocycles. The van der Waals surface area contributed by atoms with Crippen molar-refractivity contribution in [1.82, 2.24) is 5.32 Å². The number of amides is 1. The summed E-state index contributed by atoms with van der Waals surface area (Å²) in [5.41, 5.74) is 0.585. The first-order chi connectivity index (χ1) is 10.1. The predicted molar refractivity (Wildman–Crippen MR) is 80.0 cm³/mol. The fraction of sp³-hybridized carbons (Fsp3) is 0.0667. The number of ether oxygens (including phenoxy) is 1. The largest absolute Gasteiger partial charge is 0.476 e. The van der Waals surface area contributed by atoms with Crippen LogP contribution in [-0.4, -0.2) is 5.91 Å². The van der Waals surface area contributed by atoms with Gasteiger partial charge in [0.25, 0.3) is 5.91 Å². The third-order valence-electron chi connectivity index (χ3n) is 2.66. The Balaban J connectivity index is 2.28. The van der Waals surface area contributed by atoms with E-state index >= 15 is 0 Å². The number of carbonyl (C=O) groups is 1. The number of nitrogens with one attached hydrogen (secondary N) is 1. The molecule has 2 aromatic carbocycles. The molecule has 0 saturated heterocycles. The fourth-order valence-electron chi connectivity index (χ4n) is 1.68. The molecule has 1 atom stereocenters. The first-order valence-corrected chi connectivity index (χ1v) is 6.72. The van der Waals surface area contributed by atoms with E-state index in [1.165, 1.54) is 0 Å². The minimum absolute atomic E-state index is 0.465. The minimum atomic E-state index is -0.955. The summed E-state index contributed by atoms with van der Waals surface area (Å²) in [5.74, 6) is -0.0952. The maximum absolute atomic E-state index is 12.0. The van der Waals surface area contributed by atoms with Crippen LogP contribution in [0.25, 0.3) is 0 Å². The molecular weight excluding hydrogens is 311 g/mol. The van der Waals surface area contributed by atoms with Crippen molar-refractivity contribution in [2.75, 3.05) is 0 Å². The number of benzene rings is 2. The first kappa shape index (κ1) is 15.2. The van der Waals surface area contributed by atoms with E-state index < -0.39 is 12.0 Å². The van der Waals surface area contributed by atoms with E-state index in [1.807, 2.05) is 0 Å². The molecule has 2 rings (SSSR count). The van der Waals surface area contributed by atoms with Crippen LogP contribution in [0.5, 0.6) is 5.75 Å². The second-order valence-corrected chi connectivity index (χ2v) is 4.98. The van der Waals surface area contributed by atoms with E-state index in [1.54, 1.807) is 54.7 Å². The molecule has 0 spiro atoms. The van der Waals surface area contributed by atoms with Crippen LogP contribution >= 0.6 is 23.2 Å². The van der Waals surface area contributed by atoms with E-state index in [0.29, 0.717) is 21.4 Å². The highest BCUT2D eigenvalue weighted by Gasteiger charge is 2.22. The predicted octanol–water partition coefficient (Wildman–Crippen LogP) is 3.71. The monoisotopic (exact) mass is 320 g/mol. The van der Waals surface area contributed by atoms with Crippen LogP contribution < -0.4 is 10.1 Å². The molecule has 0 aliphatic heterocycles. The Morgan fingerprint density at radius 2 is 1.57 bits per heavy atom. The Morgan fingerprint density at radius 3 is 2.10 bits per heavy atom. The lowest BCUT2D eigenvalue weighted by Gasteiger charge is -2.17. The zero-order valence-electron chi connectivity index (χ0n) is 10.7. The van der Waals surface area contributed by atoms with Gasteiger partial charge in [-0.2, -0.15) is 5.26 Å². The quantitative estimate of drug-likeness (QED) is 0.690. The van der Waals surface area contributed by atoms with Crippen LogP contribution in [0.3, 0.4) is 0 Å². The van der Waals surface area contributed by atoms with Crippen LogP contribution in [0.1, 0.15) is 11.7 Å². The second-order valence-electron chi connectivity index (χ2n) is 4.10. The van der Waals surface area contributed by atoms with E-state index in [0.717, 1.165) is 0 Å². The number of carbonyl (C=O) groups excluding carboxylic acids is 1. The van der Waals surface area contributed by atoms with Gasteiger partial charge in [-0.05, 0) is 36.4 Å². The van der Waals surface area contributed by atoms with E-state index in [-0.39, 0.29) is 0 Å². The van der Waals surface area contributed by atoms with Crippen molar-refractivity contribution in [3.63, 3.8) is 0 Å². The highest BCUT2D eigenvalue weighted by atomic mass is 35.5. The third kappa shape index (κ3) is 4.12. The van der Waals surface area contributed by atoms with Gasteiger partial charge in [0.1, 0.15) is 5.75 Å². The molecule has 106 valence electrons. The van der Waals surface area contributed by atoms with Crippen LogP contribution in [0.4, 0.5) is 0 Å². The van der Waals surface area contributed by atoms with Gasteiger partial charge in [-0.15, -0.1) is 0 Å². The Bertz CT molecular complexity index is 664. The molecule has 0 heterocycles. The topological polar surface area (TPSA) is 62.1 Å². The fourth-order valence-corrected chi connectivity index (χ4v) is 1.93. The van der Waals surface area contributed by atoms with Crippen LogP contribution in [0.2, 0.25) is 10.0 Å². The van der Waals surface area contributed by atoms with Crippen molar-refractivity contribution in [2.45, 2.75) is 6.10 Å². The summed E-state index contributed by atoms with van der Waals surface area (Å²) >= 11 is 11.6. The Kier molecular flexibility index (Phi) is 5.04. The van der Waals surface area contributed by atoms with Gasteiger partial charge in [0, 0.05) is 15.6 Å². The molecule has 1 amide bonds. The van der Waals surface area contributed by atoms with E-state index in [2.05, 4.69) is 5.32 Å². The zero-order valence-corrected chi connectivity index (χ0v) is 12.2. The molecular formula is C15H10Cl2N2O2. The van der Waals surface area contributed by atoms with Gasteiger partial charge in [0.2, 0.25) is 6.10 Å². The molecule has 0 radical (unpaired) electrons. The number of halogens is 2. The van der Waals surface area contributed by atoms with Crippen molar-refractivity contribution in [3.05, 3.63) is 64.1 Å². The highest BCUT2D eigenvalue weighted by Crippen LogP contribution is 2.24. The van der Waals surface area contributed by atoms with Crippen molar-refractivity contribution >= 4 is 29.1 Å². The summed E-state index contributed by atoms with van der Waals surface area (Å²) < 4.78 is 5.64. The number of hydrogen-bond acceptors (Lipinski definition) is 3. The maximum atomic E-state index is 12.0. The number of nitriles is 1. The molecule has 4 nitrogen and oxygen atoms in total. The standard InChI is InChI=1S/C15H10Cl2N2O2/c16-11-3-1-10(2-4-11)14(15(20)19-9-18)21-13-7-5-12(17)6-8-13/h1-8,14H,(H,19,20). The lowest BCUT2D eigenvalue weighted by Crippen LogP contribution is -2.29. The van der Waals surface area contributed by atoms with Crippen LogP contribution in [0.15, 0.2) is 48.5 Å². The Labute approximate surface area is 131 Å². The summed E-state index contributed by atoms with van der Waals surface area (Å²) in [4.78, 5) is 12.0. The second kappa shape index (κ2) is 6.98. The normalized spacial score (nSPS) is 11.3. The molecule has 0 saturated carbocycles. The molecule has 0 aliphatic rings. The lowest BCUT2D eigenvalue weighted by molar-refractivity contribution is -0.127. The molecule has 0 bridgehead atoms. The van der Waals surface area contributed by atoms with Gasteiger partial charge >= 0.3 is 0 Å². The van der Waals surface area contributed by atoms with E-state index in [9.17, 15) is 4.79 Å². The van der Waals surface area contributed by atoms with Gasteiger partial charge in [0.05, 0.1) is 0 Å². The summed E-state index contributed by atoms with van der Waals surface area (Å²) in [5, 5.41) is 11.8. The molecule has 1 unspecified atom stereocenters. The molecule has 2 aromatic rings. The minimum Gasteiger partial charge on any atom is -0.476 e. The van der Waals surface area contributed by atoms with Gasteiger partial charge in [-0.1, -0.05) is 35.3 Å². The number of hydrogen-bond donors (Lipinski definition) is 1. The number of nitrogens with zero attached hydrogens (tertiary/aromatic N) is 1. The summed E-state index contributed by atoms with van der Waals surface area (Å²) in [6.45, 7) is 0. The molecule has 21 heavy (non-hydrogen) atoms. The molecule has 6 heteroatoms.